The third-order valence-electron chi connectivity index (χ3n) is 5.27. The van der Waals surface area contributed by atoms with Gasteiger partial charge in [0.2, 0.25) is 12.0 Å². The van der Waals surface area contributed by atoms with Crippen molar-refractivity contribution in [1.82, 2.24) is 0 Å². The van der Waals surface area contributed by atoms with Gasteiger partial charge in [-0.2, -0.15) is 0 Å². The Bertz CT molecular complexity index is 902. The molecule has 0 amide bonds. The lowest BCUT2D eigenvalue weighted by atomic mass is 9.98. The first-order chi connectivity index (χ1) is 16.9. The van der Waals surface area contributed by atoms with E-state index in [4.69, 9.17) is 28.8 Å². The van der Waals surface area contributed by atoms with E-state index in [1.165, 1.54) is 39.4 Å². The fourth-order valence-corrected chi connectivity index (χ4v) is 3.47. The Hall–Kier alpha value is -2.94. The van der Waals surface area contributed by atoms with Crippen LogP contribution in [0.4, 0.5) is 0 Å². The second-order valence-electron chi connectivity index (χ2n) is 8.40. The number of hydrogen-bond acceptors (Lipinski definition) is 12. The summed E-state index contributed by atoms with van der Waals surface area (Å²) < 4.78 is 26.7. The van der Waals surface area contributed by atoms with Gasteiger partial charge in [0.05, 0.1) is 39.3 Å². The van der Waals surface area contributed by atoms with Crippen LogP contribution >= 0.6 is 0 Å². The molecule has 6 unspecified atom stereocenters. The Kier molecular flexibility index (Phi) is 10.5. The van der Waals surface area contributed by atoms with Crippen molar-refractivity contribution in [2.45, 2.75) is 56.1 Å². The lowest BCUT2D eigenvalue weighted by Crippen LogP contribution is -2.60. The van der Waals surface area contributed by atoms with Crippen LogP contribution < -0.4 is 14.2 Å². The zero-order valence-electron chi connectivity index (χ0n) is 20.1. The largest absolute Gasteiger partial charge is 0.493 e. The van der Waals surface area contributed by atoms with Gasteiger partial charge in [-0.15, -0.1) is 0 Å². The number of esters is 1. The molecule has 1 heterocycles. The van der Waals surface area contributed by atoms with Crippen LogP contribution in [0.3, 0.4) is 0 Å². The van der Waals surface area contributed by atoms with Crippen molar-refractivity contribution in [3.63, 3.8) is 0 Å². The summed E-state index contributed by atoms with van der Waals surface area (Å²) in [6.45, 7) is 0.449. The molecule has 0 radical (unpaired) electrons. The molecular weight excluding hydrogens is 484 g/mol. The van der Waals surface area contributed by atoms with Crippen LogP contribution in [0.15, 0.2) is 18.2 Å². The first-order valence-electron chi connectivity index (χ1n) is 10.9. The standard InChI is InChI=1S/C23H32O13/c1-23(31,9-16(25)26)10-17(27)34-6-4-5-12-7-13(32-2)21(14(8-12)33-3)36-22-20(30)19(29)18(28)15(11-24)35-22/h4-5,7-8,15,18-20,22,24,28-31H,6,9-11H2,1-3H3,(H,25,26). The molecule has 1 aliphatic rings. The van der Waals surface area contributed by atoms with E-state index in [9.17, 15) is 35.1 Å². The van der Waals surface area contributed by atoms with Crippen LogP contribution in [-0.4, -0.2) is 106 Å². The number of rotatable bonds is 12. The maximum Gasteiger partial charge on any atom is 0.309 e. The number of carboxylic acids is 1. The second-order valence-corrected chi connectivity index (χ2v) is 8.40. The molecule has 1 aromatic rings. The highest BCUT2D eigenvalue weighted by Gasteiger charge is 2.45. The molecule has 202 valence electrons. The topological polar surface area (TPSA) is 202 Å². The molecule has 6 N–H and O–H groups in total. The summed E-state index contributed by atoms with van der Waals surface area (Å²) in [6, 6.07) is 3.08. The number of hydrogen-bond donors (Lipinski definition) is 6. The van der Waals surface area contributed by atoms with Crippen LogP contribution in [0, 0.1) is 0 Å². The predicted molar refractivity (Wildman–Crippen MR) is 121 cm³/mol. The monoisotopic (exact) mass is 516 g/mol. The molecule has 13 heteroatoms. The number of benzene rings is 1. The normalized spacial score (nSPS) is 25.7. The lowest BCUT2D eigenvalue weighted by molar-refractivity contribution is -0.277. The van der Waals surface area contributed by atoms with Crippen LogP contribution in [0.5, 0.6) is 17.2 Å². The Morgan fingerprint density at radius 2 is 1.67 bits per heavy atom. The van der Waals surface area contributed by atoms with Gasteiger partial charge < -0.3 is 54.3 Å². The van der Waals surface area contributed by atoms with Crippen LogP contribution in [-0.2, 0) is 19.1 Å². The number of methoxy groups -OCH3 is 2. The Labute approximate surface area is 207 Å². The molecule has 1 aliphatic heterocycles. The zero-order valence-corrected chi connectivity index (χ0v) is 20.1. The van der Waals surface area contributed by atoms with Gasteiger partial charge in [0, 0.05) is 0 Å². The first kappa shape index (κ1) is 29.3. The fraction of sp³-hybridized carbons (Fsp3) is 0.565. The second kappa shape index (κ2) is 12.9. The number of aliphatic hydroxyl groups is 5. The molecule has 0 saturated carbocycles. The number of aliphatic carboxylic acids is 1. The first-order valence-corrected chi connectivity index (χ1v) is 10.9. The zero-order chi connectivity index (χ0) is 27.0. The van der Waals surface area contributed by atoms with Crippen molar-refractivity contribution in [1.29, 1.82) is 0 Å². The van der Waals surface area contributed by atoms with Crippen LogP contribution in [0.1, 0.15) is 25.3 Å². The van der Waals surface area contributed by atoms with Gasteiger partial charge >= 0.3 is 11.9 Å². The average Bonchev–Trinajstić information content (AvgIpc) is 2.81. The number of aliphatic hydroxyl groups excluding tert-OH is 4. The van der Waals surface area contributed by atoms with E-state index in [0.717, 1.165) is 0 Å². The third-order valence-corrected chi connectivity index (χ3v) is 5.27. The van der Waals surface area contributed by atoms with Crippen LogP contribution in [0.2, 0.25) is 0 Å². The summed E-state index contributed by atoms with van der Waals surface area (Å²) in [5.41, 5.74) is -1.19. The molecular formula is C23H32O13. The molecule has 0 bridgehead atoms. The van der Waals surface area contributed by atoms with Gasteiger partial charge in [-0.25, -0.2) is 0 Å². The fourth-order valence-electron chi connectivity index (χ4n) is 3.47. The van der Waals surface area contributed by atoms with Gasteiger partial charge in [-0.3, -0.25) is 9.59 Å². The van der Waals surface area contributed by atoms with Gasteiger partial charge in [-0.05, 0) is 30.7 Å². The van der Waals surface area contributed by atoms with E-state index in [-0.39, 0.29) is 23.9 Å². The minimum atomic E-state index is -1.73. The van der Waals surface area contributed by atoms with Gasteiger partial charge in [0.25, 0.3) is 0 Å². The summed E-state index contributed by atoms with van der Waals surface area (Å²) in [6.07, 6.45) is -5.45. The maximum absolute atomic E-state index is 11.9. The van der Waals surface area contributed by atoms with E-state index >= 15 is 0 Å². The molecule has 6 atom stereocenters. The number of carbonyl (C=O) groups excluding carboxylic acids is 1. The molecule has 2 rings (SSSR count). The molecule has 36 heavy (non-hydrogen) atoms. The number of carbonyl (C=O) groups is 2. The summed E-state index contributed by atoms with van der Waals surface area (Å²) in [5.74, 6) is -1.67. The van der Waals surface area contributed by atoms with Crippen molar-refractivity contribution < 1.29 is 63.9 Å². The number of carboxylic acid groups (broad SMARTS) is 1. The Balaban J connectivity index is 2.10. The summed E-state index contributed by atoms with van der Waals surface area (Å²) >= 11 is 0. The quantitative estimate of drug-likeness (QED) is 0.186. The SMILES string of the molecule is COc1cc(C=CCOC(=O)CC(C)(O)CC(=O)O)cc(OC)c1OC1OC(CO)C(O)C(O)C1O. The lowest BCUT2D eigenvalue weighted by Gasteiger charge is -2.39. The summed E-state index contributed by atoms with van der Waals surface area (Å²) in [7, 11) is 2.71. The van der Waals surface area contributed by atoms with E-state index in [2.05, 4.69) is 0 Å². The van der Waals surface area contributed by atoms with Crippen molar-refractivity contribution in [3.05, 3.63) is 23.8 Å². The molecule has 1 saturated heterocycles. The third kappa shape index (κ3) is 7.78. The van der Waals surface area contributed by atoms with Gasteiger partial charge in [0.1, 0.15) is 31.0 Å². The van der Waals surface area contributed by atoms with Crippen LogP contribution in [0.25, 0.3) is 6.08 Å². The predicted octanol–water partition coefficient (Wildman–Crippen LogP) is -0.945. The molecule has 13 nitrogen and oxygen atoms in total. The van der Waals surface area contributed by atoms with Gasteiger partial charge in [-0.1, -0.05) is 6.08 Å². The Morgan fingerprint density at radius 1 is 1.06 bits per heavy atom. The van der Waals surface area contributed by atoms with Crippen molar-refractivity contribution in [3.8, 4) is 17.2 Å². The Morgan fingerprint density at radius 3 is 2.19 bits per heavy atom. The number of ether oxygens (including phenoxy) is 5. The van der Waals surface area contributed by atoms with E-state index in [1.54, 1.807) is 6.08 Å². The summed E-state index contributed by atoms with van der Waals surface area (Å²) in [5, 5.41) is 58.2. The van der Waals surface area contributed by atoms with Crippen molar-refractivity contribution in [2.75, 3.05) is 27.4 Å². The van der Waals surface area contributed by atoms with E-state index in [0.29, 0.717) is 5.56 Å². The molecule has 0 aromatic heterocycles. The van der Waals surface area contributed by atoms with Crippen molar-refractivity contribution in [2.24, 2.45) is 0 Å². The molecule has 0 aliphatic carbocycles. The minimum absolute atomic E-state index is 0.0218. The minimum Gasteiger partial charge on any atom is -0.493 e. The smallest absolute Gasteiger partial charge is 0.309 e. The maximum atomic E-state index is 11.9. The van der Waals surface area contributed by atoms with E-state index in [1.807, 2.05) is 0 Å². The molecule has 0 spiro atoms. The van der Waals surface area contributed by atoms with E-state index < -0.39 is 67.7 Å². The highest BCUT2D eigenvalue weighted by molar-refractivity contribution is 5.74. The average molecular weight is 516 g/mol. The van der Waals surface area contributed by atoms with Crippen molar-refractivity contribution >= 4 is 18.0 Å². The highest BCUT2D eigenvalue weighted by Crippen LogP contribution is 2.40. The molecule has 1 aromatic carbocycles. The van der Waals surface area contributed by atoms with Gasteiger partial charge in [0.15, 0.2) is 11.5 Å². The molecule has 1 fully saturated rings. The highest BCUT2D eigenvalue weighted by atomic mass is 16.7. The summed E-state index contributed by atoms with van der Waals surface area (Å²) in [4.78, 5) is 22.6.